The minimum atomic E-state index is -0.706. The molecule has 8 heteroatoms. The molecule has 1 saturated heterocycles. The van der Waals surface area contributed by atoms with E-state index in [2.05, 4.69) is 4.98 Å². The average Bonchev–Trinajstić information content (AvgIpc) is 2.95. The van der Waals surface area contributed by atoms with Crippen LogP contribution < -0.4 is 0 Å². The number of aryl methyl sites for hydroxylation is 1. The normalized spacial score (nSPS) is 14.8. The van der Waals surface area contributed by atoms with Gasteiger partial charge in [0.05, 0.1) is 11.3 Å². The zero-order chi connectivity index (χ0) is 17.3. The van der Waals surface area contributed by atoms with Crippen LogP contribution in [0.2, 0.25) is 0 Å². The zero-order valence-corrected chi connectivity index (χ0v) is 13.8. The molecule has 2 heterocycles. The van der Waals surface area contributed by atoms with Crippen LogP contribution in [0.3, 0.4) is 0 Å². The lowest BCUT2D eigenvalue weighted by Gasteiger charge is -2.32. The van der Waals surface area contributed by atoms with Gasteiger partial charge in [0.25, 0.3) is 5.91 Å². The predicted molar refractivity (Wildman–Crippen MR) is 85.7 cm³/mol. The van der Waals surface area contributed by atoms with E-state index in [0.29, 0.717) is 36.8 Å². The summed E-state index contributed by atoms with van der Waals surface area (Å²) in [6, 6.07) is 3.61. The molecule has 0 N–H and O–H groups in total. The number of halogens is 2. The van der Waals surface area contributed by atoms with Crippen molar-refractivity contribution in [3.63, 3.8) is 0 Å². The number of thiazole rings is 1. The van der Waals surface area contributed by atoms with E-state index in [0.717, 1.165) is 29.9 Å². The Morgan fingerprint density at radius 1 is 1.21 bits per heavy atom. The molecule has 0 bridgehead atoms. The van der Waals surface area contributed by atoms with Gasteiger partial charge in [-0.15, -0.1) is 11.3 Å². The molecule has 1 aromatic carbocycles. The highest BCUT2D eigenvalue weighted by molar-refractivity contribution is 7.17. The van der Waals surface area contributed by atoms with Crippen LogP contribution in [-0.2, 0) is 4.79 Å². The van der Waals surface area contributed by atoms with Gasteiger partial charge in [0.1, 0.15) is 21.5 Å². The average molecular weight is 351 g/mol. The van der Waals surface area contributed by atoms with Crippen molar-refractivity contribution in [2.24, 2.45) is 0 Å². The van der Waals surface area contributed by atoms with Gasteiger partial charge in [-0.05, 0) is 19.1 Å². The van der Waals surface area contributed by atoms with Crippen molar-refractivity contribution in [2.45, 2.75) is 6.92 Å². The van der Waals surface area contributed by atoms with Crippen molar-refractivity contribution in [3.05, 3.63) is 40.4 Å². The first-order chi connectivity index (χ1) is 11.5. The molecule has 0 aliphatic carbocycles. The van der Waals surface area contributed by atoms with Crippen LogP contribution in [0, 0.1) is 18.6 Å². The Bertz CT molecular complexity index is 765. The van der Waals surface area contributed by atoms with E-state index in [4.69, 9.17) is 0 Å². The quantitative estimate of drug-likeness (QED) is 0.798. The third-order valence-electron chi connectivity index (χ3n) is 3.92. The molecule has 0 spiro atoms. The Balaban J connectivity index is 1.87. The molecule has 1 fully saturated rings. The summed E-state index contributed by atoms with van der Waals surface area (Å²) in [5.74, 6) is -1.64. The smallest absolute Gasteiger partial charge is 0.265 e. The van der Waals surface area contributed by atoms with Gasteiger partial charge < -0.3 is 9.80 Å². The molecule has 0 atom stereocenters. The summed E-state index contributed by atoms with van der Waals surface area (Å²) in [7, 11) is 0. The minimum Gasteiger partial charge on any atom is -0.342 e. The molecule has 1 aliphatic heterocycles. The third-order valence-corrected chi connectivity index (χ3v) is 5.08. The maximum absolute atomic E-state index is 13.9. The molecule has 0 saturated carbocycles. The van der Waals surface area contributed by atoms with Crippen molar-refractivity contribution < 1.29 is 18.4 Å². The molecule has 1 aromatic heterocycles. The van der Waals surface area contributed by atoms with Crippen molar-refractivity contribution >= 4 is 23.7 Å². The monoisotopic (exact) mass is 351 g/mol. The van der Waals surface area contributed by atoms with Crippen LogP contribution in [0.5, 0.6) is 0 Å². The summed E-state index contributed by atoms with van der Waals surface area (Å²) < 4.78 is 27.8. The minimum absolute atomic E-state index is 0.151. The van der Waals surface area contributed by atoms with E-state index >= 15 is 0 Å². The first-order valence-corrected chi connectivity index (χ1v) is 8.23. The number of carbonyl (C=O) groups excluding carboxylic acids is 2. The maximum Gasteiger partial charge on any atom is 0.265 e. The Labute approximate surface area is 141 Å². The second-order valence-corrected chi connectivity index (χ2v) is 6.46. The number of aromatic nitrogens is 1. The molecule has 24 heavy (non-hydrogen) atoms. The lowest BCUT2D eigenvalue weighted by atomic mass is 10.2. The fourth-order valence-electron chi connectivity index (χ4n) is 2.58. The van der Waals surface area contributed by atoms with Crippen molar-refractivity contribution in [3.8, 4) is 10.6 Å². The highest BCUT2D eigenvalue weighted by Crippen LogP contribution is 2.32. The van der Waals surface area contributed by atoms with Gasteiger partial charge in [0.15, 0.2) is 0 Å². The maximum atomic E-state index is 13.9. The number of nitrogens with zero attached hydrogens (tertiary/aromatic N) is 3. The number of carbonyl (C=O) groups is 2. The topological polar surface area (TPSA) is 53.5 Å². The van der Waals surface area contributed by atoms with Crippen LogP contribution in [0.1, 0.15) is 15.4 Å². The Hall–Kier alpha value is -2.35. The van der Waals surface area contributed by atoms with E-state index in [1.807, 2.05) is 0 Å². The number of benzene rings is 1. The molecule has 1 aliphatic rings. The van der Waals surface area contributed by atoms with Crippen LogP contribution in [0.25, 0.3) is 10.6 Å². The molecular weight excluding hydrogens is 336 g/mol. The SMILES string of the molecule is Cc1nc(-c2c(F)cccc2F)sc1C(=O)N1CCN(C=O)CC1. The van der Waals surface area contributed by atoms with Crippen LogP contribution in [-0.4, -0.2) is 53.3 Å². The summed E-state index contributed by atoms with van der Waals surface area (Å²) in [6.45, 7) is 3.45. The number of rotatable bonds is 3. The summed E-state index contributed by atoms with van der Waals surface area (Å²) in [5.41, 5.74) is 0.232. The van der Waals surface area contributed by atoms with Crippen molar-refractivity contribution in [1.29, 1.82) is 0 Å². The Morgan fingerprint density at radius 3 is 2.42 bits per heavy atom. The number of piperazine rings is 1. The molecule has 0 radical (unpaired) electrons. The fraction of sp³-hybridized carbons (Fsp3) is 0.312. The highest BCUT2D eigenvalue weighted by Gasteiger charge is 2.26. The summed E-state index contributed by atoms with van der Waals surface area (Å²) in [6.07, 6.45) is 0.763. The predicted octanol–water partition coefficient (Wildman–Crippen LogP) is 2.31. The molecule has 0 unspecified atom stereocenters. The number of hydrogen-bond acceptors (Lipinski definition) is 4. The Morgan fingerprint density at radius 2 is 1.83 bits per heavy atom. The highest BCUT2D eigenvalue weighted by atomic mass is 32.1. The first kappa shape index (κ1) is 16.5. The molecular formula is C16H15F2N3O2S. The zero-order valence-electron chi connectivity index (χ0n) is 13.0. The van der Waals surface area contributed by atoms with Gasteiger partial charge in [-0.2, -0.15) is 0 Å². The molecule has 2 amide bonds. The number of hydrogen-bond donors (Lipinski definition) is 0. The molecule has 2 aromatic rings. The lowest BCUT2D eigenvalue weighted by molar-refractivity contribution is -0.119. The Kier molecular flexibility index (Phi) is 4.57. The van der Waals surface area contributed by atoms with E-state index in [9.17, 15) is 18.4 Å². The van der Waals surface area contributed by atoms with Gasteiger partial charge in [-0.1, -0.05) is 6.07 Å². The van der Waals surface area contributed by atoms with Gasteiger partial charge in [-0.25, -0.2) is 13.8 Å². The van der Waals surface area contributed by atoms with Gasteiger partial charge >= 0.3 is 0 Å². The van der Waals surface area contributed by atoms with Gasteiger partial charge in [0.2, 0.25) is 6.41 Å². The van der Waals surface area contributed by atoms with Crippen molar-refractivity contribution in [1.82, 2.24) is 14.8 Å². The third kappa shape index (κ3) is 3.01. The first-order valence-electron chi connectivity index (χ1n) is 7.41. The van der Waals surface area contributed by atoms with E-state index in [1.54, 1.807) is 16.7 Å². The summed E-state index contributed by atoms with van der Waals surface area (Å²) in [5, 5.41) is 0.151. The van der Waals surface area contributed by atoms with E-state index < -0.39 is 11.6 Å². The number of amides is 2. The largest absolute Gasteiger partial charge is 0.342 e. The summed E-state index contributed by atoms with van der Waals surface area (Å²) >= 11 is 0.984. The van der Waals surface area contributed by atoms with E-state index in [-0.39, 0.29) is 16.5 Å². The van der Waals surface area contributed by atoms with Gasteiger partial charge in [0, 0.05) is 26.2 Å². The van der Waals surface area contributed by atoms with Crippen LogP contribution >= 0.6 is 11.3 Å². The molecule has 5 nitrogen and oxygen atoms in total. The van der Waals surface area contributed by atoms with Gasteiger partial charge in [-0.3, -0.25) is 9.59 Å². The van der Waals surface area contributed by atoms with Crippen LogP contribution in [0.15, 0.2) is 18.2 Å². The van der Waals surface area contributed by atoms with Crippen LogP contribution in [0.4, 0.5) is 8.78 Å². The molecule has 3 rings (SSSR count). The lowest BCUT2D eigenvalue weighted by Crippen LogP contribution is -2.48. The second-order valence-electron chi connectivity index (χ2n) is 5.46. The standard InChI is InChI=1S/C16H15F2N3O2S/c1-10-14(16(23)21-7-5-20(9-22)6-8-21)24-15(19-10)13-11(17)3-2-4-12(13)18/h2-4,9H,5-8H2,1H3. The summed E-state index contributed by atoms with van der Waals surface area (Å²) in [4.78, 5) is 31.1. The van der Waals surface area contributed by atoms with Crippen molar-refractivity contribution in [2.75, 3.05) is 26.2 Å². The second kappa shape index (κ2) is 6.64. The molecule has 126 valence electrons. The fourth-order valence-corrected chi connectivity index (χ4v) is 3.66. The van der Waals surface area contributed by atoms with E-state index in [1.165, 1.54) is 6.07 Å².